The molecule has 0 spiro atoms. The third kappa shape index (κ3) is 4.19. The third-order valence-corrected chi connectivity index (χ3v) is 5.11. The number of rotatable bonds is 6. The molecule has 134 valence electrons. The van der Waals surface area contributed by atoms with Crippen molar-refractivity contribution in [2.75, 3.05) is 11.9 Å². The minimum atomic E-state index is -0.888. The zero-order chi connectivity index (χ0) is 18.0. The normalized spacial score (nSPS) is 16.3. The van der Waals surface area contributed by atoms with Gasteiger partial charge in [0.15, 0.2) is 11.0 Å². The van der Waals surface area contributed by atoms with Crippen LogP contribution in [0.5, 0.6) is 0 Å². The lowest BCUT2D eigenvalue weighted by molar-refractivity contribution is -0.136. The van der Waals surface area contributed by atoms with Crippen molar-refractivity contribution in [3.05, 3.63) is 28.4 Å². The van der Waals surface area contributed by atoms with Gasteiger partial charge in [-0.05, 0) is 48.9 Å². The van der Waals surface area contributed by atoms with E-state index in [0.717, 1.165) is 18.4 Å². The minimum Gasteiger partial charge on any atom is -0.481 e. The number of aliphatic carboxylic acids is 1. The van der Waals surface area contributed by atoms with Crippen LogP contribution in [-0.4, -0.2) is 38.8 Å². The van der Waals surface area contributed by atoms with Gasteiger partial charge >= 0.3 is 5.97 Å². The Morgan fingerprint density at radius 2 is 2.00 bits per heavy atom. The van der Waals surface area contributed by atoms with Crippen LogP contribution in [0.1, 0.15) is 36.8 Å². The number of aliphatic hydroxyl groups is 1. The molecule has 0 bridgehead atoms. The lowest BCUT2D eigenvalue weighted by Gasteiger charge is -2.18. The van der Waals surface area contributed by atoms with Crippen LogP contribution in [0, 0.1) is 12.8 Å². The number of aryl methyl sites for hydroxylation is 1. The van der Waals surface area contributed by atoms with Gasteiger partial charge in [0.2, 0.25) is 0 Å². The summed E-state index contributed by atoms with van der Waals surface area (Å²) in [6.45, 7) is 2.24. The molecule has 3 N–H and O–H groups in total. The van der Waals surface area contributed by atoms with Gasteiger partial charge in [-0.1, -0.05) is 24.4 Å². The van der Waals surface area contributed by atoms with E-state index < -0.39 is 12.1 Å². The number of hydrogen-bond donors (Lipinski definition) is 3. The van der Waals surface area contributed by atoms with Crippen molar-refractivity contribution < 1.29 is 15.0 Å². The van der Waals surface area contributed by atoms with E-state index in [-0.39, 0.29) is 11.6 Å². The summed E-state index contributed by atoms with van der Waals surface area (Å²) in [7, 11) is 0. The van der Waals surface area contributed by atoms with Crippen molar-refractivity contribution in [3.8, 4) is 0 Å². The fourth-order valence-corrected chi connectivity index (χ4v) is 3.60. The monoisotopic (exact) mass is 363 g/mol. The predicted molar refractivity (Wildman–Crippen MR) is 97.1 cm³/mol. The van der Waals surface area contributed by atoms with Crippen molar-refractivity contribution in [2.45, 2.75) is 45.1 Å². The smallest absolute Gasteiger partial charge is 0.307 e. The number of carboxylic acid groups (broad SMARTS) is 1. The minimum absolute atomic E-state index is 0.0609. The molecule has 25 heavy (non-hydrogen) atoms. The number of carbonyl (C=O) groups is 1. The molecule has 0 radical (unpaired) electrons. The summed E-state index contributed by atoms with van der Waals surface area (Å²) in [6, 6.07) is 3.53. The van der Waals surface area contributed by atoms with Crippen molar-refractivity contribution in [1.29, 1.82) is 0 Å². The number of aliphatic hydroxyl groups excluding tert-OH is 1. The van der Waals surface area contributed by atoms with E-state index in [1.54, 1.807) is 6.07 Å². The van der Waals surface area contributed by atoms with Crippen LogP contribution < -0.4 is 5.32 Å². The average Bonchev–Trinajstić information content (AvgIpc) is 3.08. The molecular weight excluding hydrogens is 342 g/mol. The second-order valence-corrected chi connectivity index (χ2v) is 7.05. The van der Waals surface area contributed by atoms with Crippen molar-refractivity contribution in [2.24, 2.45) is 5.92 Å². The Balaban J connectivity index is 1.79. The van der Waals surface area contributed by atoms with Crippen LogP contribution in [0.4, 0.5) is 5.82 Å². The van der Waals surface area contributed by atoms with Gasteiger partial charge in [-0.3, -0.25) is 4.79 Å². The lowest BCUT2D eigenvalue weighted by atomic mass is 10.0. The first kappa shape index (κ1) is 17.9. The number of hydrogen-bond acceptors (Lipinski definition) is 5. The zero-order valence-corrected chi connectivity index (χ0v) is 14.9. The highest BCUT2D eigenvalue weighted by Crippen LogP contribution is 2.29. The standard InChI is InChI=1S/C18H22ClN3O3/c1-10-6-13-14(7-12(10)8-16(24)25)21-17(19)18(22-13)20-9-15(23)11-4-2-3-5-11/h6-7,11,15,23H,2-5,8-9H2,1H3,(H,20,22)(H,24,25). The molecule has 0 aliphatic heterocycles. The Morgan fingerprint density at radius 3 is 2.68 bits per heavy atom. The molecule has 1 aliphatic rings. The van der Waals surface area contributed by atoms with Gasteiger partial charge in [0.25, 0.3) is 0 Å². The average molecular weight is 364 g/mol. The van der Waals surface area contributed by atoms with Gasteiger partial charge in [0.05, 0.1) is 23.6 Å². The van der Waals surface area contributed by atoms with E-state index in [1.807, 2.05) is 13.0 Å². The van der Waals surface area contributed by atoms with E-state index in [9.17, 15) is 9.90 Å². The summed E-state index contributed by atoms with van der Waals surface area (Å²) in [5.41, 5.74) is 2.76. The quantitative estimate of drug-likeness (QED) is 0.729. The van der Waals surface area contributed by atoms with Crippen molar-refractivity contribution >= 4 is 34.4 Å². The Hall–Kier alpha value is -1.92. The Morgan fingerprint density at radius 1 is 1.32 bits per heavy atom. The van der Waals surface area contributed by atoms with Crippen LogP contribution in [0.2, 0.25) is 5.15 Å². The van der Waals surface area contributed by atoms with Gasteiger partial charge in [-0.2, -0.15) is 0 Å². The van der Waals surface area contributed by atoms with Crippen molar-refractivity contribution in [3.63, 3.8) is 0 Å². The molecule has 1 heterocycles. The first-order chi connectivity index (χ1) is 11.9. The highest BCUT2D eigenvalue weighted by Gasteiger charge is 2.23. The van der Waals surface area contributed by atoms with E-state index in [4.69, 9.17) is 16.7 Å². The number of nitrogens with one attached hydrogen (secondary N) is 1. The molecule has 0 amide bonds. The molecule has 6 nitrogen and oxygen atoms in total. The van der Waals surface area contributed by atoms with Gasteiger partial charge in [-0.25, -0.2) is 9.97 Å². The van der Waals surface area contributed by atoms with Crippen molar-refractivity contribution in [1.82, 2.24) is 9.97 Å². The summed E-state index contributed by atoms with van der Waals surface area (Å²) >= 11 is 6.21. The third-order valence-electron chi connectivity index (χ3n) is 4.84. The summed E-state index contributed by atoms with van der Waals surface area (Å²) in [6.07, 6.45) is 3.99. The van der Waals surface area contributed by atoms with Crippen LogP contribution >= 0.6 is 11.6 Å². The number of benzene rings is 1. The van der Waals surface area contributed by atoms with Crippen LogP contribution in [0.15, 0.2) is 12.1 Å². The summed E-state index contributed by atoms with van der Waals surface area (Å²) in [4.78, 5) is 19.8. The van der Waals surface area contributed by atoms with Crippen LogP contribution in [0.3, 0.4) is 0 Å². The number of carboxylic acids is 1. The van der Waals surface area contributed by atoms with Gasteiger partial charge in [0, 0.05) is 6.54 Å². The Kier molecular flexibility index (Phi) is 5.39. The molecule has 3 rings (SSSR count). The molecule has 1 aromatic heterocycles. The summed E-state index contributed by atoms with van der Waals surface area (Å²) in [5.74, 6) is -0.113. The number of anilines is 1. The van der Waals surface area contributed by atoms with Crippen LogP contribution in [0.25, 0.3) is 11.0 Å². The Labute approximate surface area is 151 Å². The summed E-state index contributed by atoms with van der Waals surface area (Å²) < 4.78 is 0. The zero-order valence-electron chi connectivity index (χ0n) is 14.1. The number of aromatic nitrogens is 2. The maximum absolute atomic E-state index is 10.9. The second-order valence-electron chi connectivity index (χ2n) is 6.69. The predicted octanol–water partition coefficient (Wildman–Crippen LogP) is 3.18. The van der Waals surface area contributed by atoms with Gasteiger partial charge < -0.3 is 15.5 Å². The van der Waals surface area contributed by atoms with E-state index in [1.165, 1.54) is 12.8 Å². The molecule has 1 fully saturated rings. The second kappa shape index (κ2) is 7.54. The number of fused-ring (bicyclic) bond motifs is 1. The molecule has 1 atom stereocenters. The van der Waals surface area contributed by atoms with E-state index in [2.05, 4.69) is 15.3 Å². The largest absolute Gasteiger partial charge is 0.481 e. The van der Waals surface area contributed by atoms with Gasteiger partial charge in [-0.15, -0.1) is 0 Å². The maximum atomic E-state index is 10.9. The fourth-order valence-electron chi connectivity index (χ4n) is 3.40. The molecule has 1 aliphatic carbocycles. The van der Waals surface area contributed by atoms with E-state index in [0.29, 0.717) is 34.9 Å². The lowest BCUT2D eigenvalue weighted by Crippen LogP contribution is -2.27. The summed E-state index contributed by atoms with van der Waals surface area (Å²) in [5, 5.41) is 22.6. The molecule has 7 heteroatoms. The molecule has 2 aromatic rings. The van der Waals surface area contributed by atoms with Crippen LogP contribution in [-0.2, 0) is 11.2 Å². The number of nitrogens with zero attached hydrogens (tertiary/aromatic N) is 2. The first-order valence-corrected chi connectivity index (χ1v) is 8.92. The molecule has 1 saturated carbocycles. The number of halogens is 1. The fraction of sp³-hybridized carbons (Fsp3) is 0.500. The van der Waals surface area contributed by atoms with E-state index >= 15 is 0 Å². The highest BCUT2D eigenvalue weighted by atomic mass is 35.5. The highest BCUT2D eigenvalue weighted by molar-refractivity contribution is 6.32. The first-order valence-electron chi connectivity index (χ1n) is 8.54. The van der Waals surface area contributed by atoms with Gasteiger partial charge in [0.1, 0.15) is 0 Å². The molecule has 0 saturated heterocycles. The maximum Gasteiger partial charge on any atom is 0.307 e. The Bertz CT molecular complexity index is 791. The SMILES string of the molecule is Cc1cc2nc(NCC(O)C3CCCC3)c(Cl)nc2cc1CC(=O)O. The molecule has 1 unspecified atom stereocenters. The molecular formula is C18H22ClN3O3. The molecule has 1 aromatic carbocycles. The topological polar surface area (TPSA) is 95.3 Å².